The Morgan fingerprint density at radius 3 is 2.43 bits per heavy atom. The number of hydrogen-bond donors (Lipinski definition) is 1. The van der Waals surface area contributed by atoms with Gasteiger partial charge in [-0.15, -0.1) is 0 Å². The zero-order chi connectivity index (χ0) is 14.5. The number of nitrogens with one attached hydrogen (secondary N) is 1. The van der Waals surface area contributed by atoms with Crippen molar-refractivity contribution >= 4 is 11.8 Å². The topological polar surface area (TPSA) is 18.5 Å². The summed E-state index contributed by atoms with van der Waals surface area (Å²) >= 11 is 2.12. The average molecular weight is 312 g/mol. The lowest BCUT2D eigenvalue weighted by atomic mass is 9.81. The van der Waals surface area contributed by atoms with Gasteiger partial charge in [0.15, 0.2) is 0 Å². The van der Waals surface area contributed by atoms with Crippen LogP contribution in [0.5, 0.6) is 0 Å². The molecule has 3 aliphatic rings. The molecule has 0 aliphatic carbocycles. The second-order valence-electron chi connectivity index (χ2n) is 7.05. The normalized spacial score (nSPS) is 35.0. The summed E-state index contributed by atoms with van der Waals surface area (Å²) in [5, 5.41) is 3.79. The molecule has 3 saturated heterocycles. The maximum Gasteiger partial charge on any atom is 0.0115 e. The van der Waals surface area contributed by atoms with Crippen LogP contribution in [-0.4, -0.2) is 72.2 Å². The van der Waals surface area contributed by atoms with Gasteiger partial charge >= 0.3 is 0 Å². The van der Waals surface area contributed by atoms with Gasteiger partial charge in [0.2, 0.25) is 0 Å². The molecule has 122 valence electrons. The number of nitrogens with zero attached hydrogens (tertiary/aromatic N) is 2. The summed E-state index contributed by atoms with van der Waals surface area (Å²) in [5.74, 6) is 2.69. The summed E-state index contributed by atoms with van der Waals surface area (Å²) in [6.45, 7) is 8.74. The second-order valence-corrected chi connectivity index (χ2v) is 8.28. The fraction of sp³-hybridized carbons (Fsp3) is 1.00. The number of fused-ring (bicyclic) bond motifs is 2. The Bertz CT molecular complexity index is 292. The van der Waals surface area contributed by atoms with Crippen molar-refractivity contribution in [2.24, 2.45) is 0 Å². The van der Waals surface area contributed by atoms with Crippen LogP contribution >= 0.6 is 11.8 Å². The molecule has 0 amide bonds. The van der Waals surface area contributed by atoms with Crippen molar-refractivity contribution in [1.82, 2.24) is 15.1 Å². The summed E-state index contributed by atoms with van der Waals surface area (Å²) in [5.41, 5.74) is 0. The Morgan fingerprint density at radius 1 is 1.05 bits per heavy atom. The van der Waals surface area contributed by atoms with E-state index in [0.29, 0.717) is 0 Å². The van der Waals surface area contributed by atoms with Crippen molar-refractivity contribution in [1.29, 1.82) is 0 Å². The molecule has 2 unspecified atom stereocenters. The summed E-state index contributed by atoms with van der Waals surface area (Å²) in [6.07, 6.45) is 8.40. The van der Waals surface area contributed by atoms with E-state index >= 15 is 0 Å². The van der Waals surface area contributed by atoms with Gasteiger partial charge in [-0.05, 0) is 38.6 Å². The van der Waals surface area contributed by atoms with Gasteiger partial charge in [-0.3, -0.25) is 4.90 Å². The highest BCUT2D eigenvalue weighted by molar-refractivity contribution is 7.99. The first-order valence-corrected chi connectivity index (χ1v) is 10.3. The van der Waals surface area contributed by atoms with Gasteiger partial charge in [0.1, 0.15) is 0 Å². The molecule has 3 aliphatic heterocycles. The smallest absolute Gasteiger partial charge is 0.0115 e. The summed E-state index contributed by atoms with van der Waals surface area (Å²) in [7, 11) is 0. The zero-order valence-electron chi connectivity index (χ0n) is 13.7. The molecule has 3 heterocycles. The van der Waals surface area contributed by atoms with Crippen LogP contribution in [0.15, 0.2) is 0 Å². The first-order valence-electron chi connectivity index (χ1n) is 9.16. The van der Waals surface area contributed by atoms with E-state index < -0.39 is 0 Å². The molecule has 0 radical (unpaired) electrons. The number of hydrogen-bond acceptors (Lipinski definition) is 4. The molecule has 1 N–H and O–H groups in total. The maximum atomic E-state index is 3.79. The fourth-order valence-electron chi connectivity index (χ4n) is 4.44. The molecule has 0 aromatic rings. The third kappa shape index (κ3) is 4.37. The van der Waals surface area contributed by atoms with E-state index in [1.165, 1.54) is 82.8 Å². The molecule has 2 bridgehead atoms. The molecular formula is C17H33N3S. The SMILES string of the molecule is CCCNC1CC2CCCC(C1)N2CCN1CCSCC1. The van der Waals surface area contributed by atoms with E-state index in [2.05, 4.69) is 33.8 Å². The molecule has 0 saturated carbocycles. The van der Waals surface area contributed by atoms with Crippen LogP contribution in [-0.2, 0) is 0 Å². The van der Waals surface area contributed by atoms with E-state index in [9.17, 15) is 0 Å². The van der Waals surface area contributed by atoms with Crippen LogP contribution in [0.3, 0.4) is 0 Å². The molecule has 4 heteroatoms. The van der Waals surface area contributed by atoms with Crippen molar-refractivity contribution in [3.05, 3.63) is 0 Å². The zero-order valence-corrected chi connectivity index (χ0v) is 14.5. The van der Waals surface area contributed by atoms with Gasteiger partial charge in [-0.25, -0.2) is 0 Å². The van der Waals surface area contributed by atoms with Crippen molar-refractivity contribution in [3.63, 3.8) is 0 Å². The van der Waals surface area contributed by atoms with Crippen molar-refractivity contribution in [2.45, 2.75) is 63.6 Å². The van der Waals surface area contributed by atoms with Gasteiger partial charge in [0, 0.05) is 55.8 Å². The highest BCUT2D eigenvalue weighted by Gasteiger charge is 2.37. The predicted molar refractivity (Wildman–Crippen MR) is 93.2 cm³/mol. The van der Waals surface area contributed by atoms with Crippen LogP contribution in [0.25, 0.3) is 0 Å². The van der Waals surface area contributed by atoms with E-state index in [0.717, 1.165) is 18.1 Å². The van der Waals surface area contributed by atoms with E-state index in [1.54, 1.807) is 0 Å². The van der Waals surface area contributed by atoms with Crippen molar-refractivity contribution in [2.75, 3.05) is 44.2 Å². The highest BCUT2D eigenvalue weighted by Crippen LogP contribution is 2.33. The molecule has 3 nitrogen and oxygen atoms in total. The van der Waals surface area contributed by atoms with Gasteiger partial charge in [-0.2, -0.15) is 11.8 Å². The van der Waals surface area contributed by atoms with Gasteiger partial charge in [0.05, 0.1) is 0 Å². The van der Waals surface area contributed by atoms with Crippen LogP contribution in [0, 0.1) is 0 Å². The standard InChI is InChI=1S/C17H33N3S/c1-2-6-18-15-13-16-4-3-5-17(14-15)20(16)8-7-19-9-11-21-12-10-19/h15-18H,2-14H2,1H3. The first kappa shape index (κ1) is 16.1. The number of thioether (sulfide) groups is 1. The maximum absolute atomic E-state index is 3.79. The van der Waals surface area contributed by atoms with Gasteiger partial charge < -0.3 is 10.2 Å². The largest absolute Gasteiger partial charge is 0.314 e. The van der Waals surface area contributed by atoms with Crippen LogP contribution in [0.1, 0.15) is 45.4 Å². The van der Waals surface area contributed by atoms with E-state index in [-0.39, 0.29) is 0 Å². The van der Waals surface area contributed by atoms with E-state index in [1.807, 2.05) is 0 Å². The predicted octanol–water partition coefficient (Wildman–Crippen LogP) is 2.42. The summed E-state index contributed by atoms with van der Waals surface area (Å²) < 4.78 is 0. The third-order valence-corrected chi connectivity index (χ3v) is 6.53. The molecule has 0 aromatic heterocycles. The lowest BCUT2D eigenvalue weighted by Gasteiger charge is -2.49. The minimum Gasteiger partial charge on any atom is -0.314 e. The lowest BCUT2D eigenvalue weighted by molar-refractivity contribution is 0.0180. The molecule has 2 atom stereocenters. The molecule has 0 aromatic carbocycles. The highest BCUT2D eigenvalue weighted by atomic mass is 32.2. The quantitative estimate of drug-likeness (QED) is 0.812. The minimum absolute atomic E-state index is 0.794. The summed E-state index contributed by atoms with van der Waals surface area (Å²) in [4.78, 5) is 5.57. The number of piperidine rings is 2. The fourth-order valence-corrected chi connectivity index (χ4v) is 5.42. The van der Waals surface area contributed by atoms with Gasteiger partial charge in [0.25, 0.3) is 0 Å². The monoisotopic (exact) mass is 311 g/mol. The Morgan fingerprint density at radius 2 is 1.76 bits per heavy atom. The second kappa shape index (κ2) is 8.19. The Kier molecular flexibility index (Phi) is 6.28. The molecular weight excluding hydrogens is 278 g/mol. The van der Waals surface area contributed by atoms with Crippen molar-refractivity contribution < 1.29 is 0 Å². The van der Waals surface area contributed by atoms with Crippen molar-refractivity contribution in [3.8, 4) is 0 Å². The molecule has 21 heavy (non-hydrogen) atoms. The van der Waals surface area contributed by atoms with E-state index in [4.69, 9.17) is 0 Å². The Labute approximate surface area is 135 Å². The minimum atomic E-state index is 0.794. The Balaban J connectivity index is 1.48. The van der Waals surface area contributed by atoms with Crippen LogP contribution in [0.4, 0.5) is 0 Å². The lowest BCUT2D eigenvalue weighted by Crippen LogP contribution is -2.57. The van der Waals surface area contributed by atoms with Gasteiger partial charge in [-0.1, -0.05) is 13.3 Å². The molecule has 3 fully saturated rings. The Hall–Kier alpha value is 0.230. The number of rotatable bonds is 6. The third-order valence-electron chi connectivity index (χ3n) is 5.59. The van der Waals surface area contributed by atoms with Crippen LogP contribution in [0.2, 0.25) is 0 Å². The van der Waals surface area contributed by atoms with Crippen LogP contribution < -0.4 is 5.32 Å². The first-order chi connectivity index (χ1) is 10.4. The molecule has 3 rings (SSSR count). The average Bonchev–Trinajstić information content (AvgIpc) is 2.51. The summed E-state index contributed by atoms with van der Waals surface area (Å²) in [6, 6.07) is 2.53. The molecule has 0 spiro atoms.